The number of esters is 1. The second-order valence-corrected chi connectivity index (χ2v) is 14.2. The van der Waals surface area contributed by atoms with E-state index >= 15 is 0 Å². The number of likely N-dealkylation sites (tertiary alicyclic amines) is 1. The van der Waals surface area contributed by atoms with E-state index in [1.807, 2.05) is 56.3 Å². The van der Waals surface area contributed by atoms with Crippen LogP contribution in [0.2, 0.25) is 5.02 Å². The van der Waals surface area contributed by atoms with Crippen molar-refractivity contribution in [3.8, 4) is 0 Å². The van der Waals surface area contributed by atoms with E-state index < -0.39 is 39.4 Å². The number of carbonyl (C=O) groups is 3. The minimum atomic E-state index is -0.931. The maximum Gasteiger partial charge on any atom is 0.311 e. The molecule has 228 valence electrons. The Morgan fingerprint density at radius 2 is 1.93 bits per heavy atom. The first-order chi connectivity index (χ1) is 20.6. The first-order valence-electron chi connectivity index (χ1n) is 14.8. The van der Waals surface area contributed by atoms with Gasteiger partial charge < -0.3 is 19.6 Å². The number of halogens is 1. The third-order valence-electron chi connectivity index (χ3n) is 9.22. The number of ether oxygens (including phenoxy) is 1. The van der Waals surface area contributed by atoms with E-state index in [1.165, 1.54) is 0 Å². The SMILES string of the molecule is C=CCCOC(=O)[C@@H]1[C@H]2C(=O)N([C@@H](CO)Cc3ccccc3)C(C(=O)N(CC=C)c3c(C)cccc3Cl)C23CC[C@@]1(C)S3. The van der Waals surface area contributed by atoms with Gasteiger partial charge in [0.25, 0.3) is 5.91 Å². The van der Waals surface area contributed by atoms with Crippen LogP contribution in [0.25, 0.3) is 0 Å². The third-order valence-corrected chi connectivity index (χ3v) is 11.5. The summed E-state index contributed by atoms with van der Waals surface area (Å²) in [6.07, 6.45) is 5.44. The number of benzene rings is 2. The van der Waals surface area contributed by atoms with Crippen molar-refractivity contribution in [1.29, 1.82) is 0 Å². The first kappa shape index (κ1) is 31.4. The smallest absolute Gasteiger partial charge is 0.311 e. The van der Waals surface area contributed by atoms with E-state index in [9.17, 15) is 19.5 Å². The van der Waals surface area contributed by atoms with Crippen molar-refractivity contribution in [2.24, 2.45) is 11.8 Å². The molecule has 3 aliphatic heterocycles. The summed E-state index contributed by atoms with van der Waals surface area (Å²) in [6.45, 7) is 11.5. The second-order valence-electron chi connectivity index (χ2n) is 11.9. The van der Waals surface area contributed by atoms with Crippen LogP contribution in [0, 0.1) is 18.8 Å². The van der Waals surface area contributed by atoms with Gasteiger partial charge in [0, 0.05) is 11.3 Å². The van der Waals surface area contributed by atoms with Crippen LogP contribution in [-0.4, -0.2) is 69.1 Å². The van der Waals surface area contributed by atoms with Crippen LogP contribution in [0.1, 0.15) is 37.3 Å². The van der Waals surface area contributed by atoms with Crippen molar-refractivity contribution in [3.63, 3.8) is 0 Å². The summed E-state index contributed by atoms with van der Waals surface area (Å²) >= 11 is 8.26. The number of aryl methyl sites for hydroxylation is 1. The molecule has 43 heavy (non-hydrogen) atoms. The van der Waals surface area contributed by atoms with Gasteiger partial charge in [0.15, 0.2) is 0 Å². The average molecular weight is 623 g/mol. The van der Waals surface area contributed by atoms with Crippen LogP contribution >= 0.6 is 23.4 Å². The fraction of sp³-hybridized carbons (Fsp3) is 0.441. The number of anilines is 1. The van der Waals surface area contributed by atoms with E-state index in [0.717, 1.165) is 11.1 Å². The van der Waals surface area contributed by atoms with Gasteiger partial charge in [-0.05, 0) is 56.7 Å². The van der Waals surface area contributed by atoms with Gasteiger partial charge in [-0.25, -0.2) is 0 Å². The van der Waals surface area contributed by atoms with Gasteiger partial charge in [0.05, 0.1) is 46.5 Å². The molecule has 0 aliphatic carbocycles. The molecular weight excluding hydrogens is 584 g/mol. The van der Waals surface area contributed by atoms with Crippen LogP contribution in [0.3, 0.4) is 0 Å². The summed E-state index contributed by atoms with van der Waals surface area (Å²) in [7, 11) is 0. The monoisotopic (exact) mass is 622 g/mol. The Bertz CT molecular complexity index is 1400. The van der Waals surface area contributed by atoms with Crippen LogP contribution in [0.5, 0.6) is 0 Å². The molecule has 0 saturated carbocycles. The molecule has 2 bridgehead atoms. The van der Waals surface area contributed by atoms with Crippen LogP contribution in [0.15, 0.2) is 73.8 Å². The molecule has 6 atom stereocenters. The quantitative estimate of drug-likeness (QED) is 0.195. The standard InChI is InChI=1S/C34H39ClN2O5S/c1-5-7-19-42-32(41)27-26-30(39)37(24(21-38)20-23-13-9-8-10-14-23)29(34(26)17-16-33(27,4)43-34)31(40)36(18-6-2)28-22(3)12-11-15-25(28)35/h5-6,8-15,24,26-27,29,38H,1-2,7,16-21H2,3-4H3/t24-,26+,27+,29?,33-,34?/m1/s1. The maximum absolute atomic E-state index is 15.0. The highest BCUT2D eigenvalue weighted by Gasteiger charge is 2.78. The molecule has 7 nitrogen and oxygen atoms in total. The number of hydrogen-bond acceptors (Lipinski definition) is 6. The number of thioether (sulfide) groups is 1. The number of hydrogen-bond donors (Lipinski definition) is 1. The largest absolute Gasteiger partial charge is 0.465 e. The van der Waals surface area contributed by atoms with Crippen molar-refractivity contribution in [3.05, 3.63) is 90.0 Å². The molecule has 2 aromatic rings. The molecule has 3 saturated heterocycles. The number of nitrogens with zero attached hydrogens (tertiary/aromatic N) is 2. The van der Waals surface area contributed by atoms with Gasteiger partial charge in [-0.1, -0.05) is 66.2 Å². The number of para-hydroxylation sites is 1. The van der Waals surface area contributed by atoms with E-state index in [-0.39, 0.29) is 31.6 Å². The molecule has 0 radical (unpaired) electrons. The van der Waals surface area contributed by atoms with Crippen LogP contribution in [-0.2, 0) is 25.5 Å². The number of rotatable bonds is 12. The van der Waals surface area contributed by atoms with E-state index in [4.69, 9.17) is 16.3 Å². The lowest BCUT2D eigenvalue weighted by molar-refractivity contribution is -0.156. The van der Waals surface area contributed by atoms with Gasteiger partial charge in [-0.3, -0.25) is 14.4 Å². The Morgan fingerprint density at radius 3 is 2.58 bits per heavy atom. The van der Waals surface area contributed by atoms with Crippen molar-refractivity contribution >= 4 is 46.8 Å². The Kier molecular flexibility index (Phi) is 9.12. The highest BCUT2D eigenvalue weighted by molar-refractivity contribution is 8.02. The lowest BCUT2D eigenvalue weighted by atomic mass is 9.66. The molecule has 5 rings (SSSR count). The fourth-order valence-corrected chi connectivity index (χ4v) is 10.0. The molecular formula is C34H39ClN2O5S. The van der Waals surface area contributed by atoms with Gasteiger partial charge >= 0.3 is 5.97 Å². The predicted octanol–water partition coefficient (Wildman–Crippen LogP) is 5.37. The zero-order valence-electron chi connectivity index (χ0n) is 24.7. The molecule has 1 N–H and O–H groups in total. The van der Waals surface area contributed by atoms with Crippen LogP contribution in [0.4, 0.5) is 5.69 Å². The lowest BCUT2D eigenvalue weighted by Crippen LogP contribution is -2.58. The minimum Gasteiger partial charge on any atom is -0.465 e. The lowest BCUT2D eigenvalue weighted by Gasteiger charge is -2.40. The predicted molar refractivity (Wildman–Crippen MR) is 171 cm³/mol. The van der Waals surface area contributed by atoms with E-state index in [2.05, 4.69) is 13.2 Å². The number of aliphatic hydroxyl groups excluding tert-OH is 1. The highest BCUT2D eigenvalue weighted by atomic mass is 35.5. The van der Waals surface area contributed by atoms with Crippen molar-refractivity contribution in [2.75, 3.05) is 24.7 Å². The van der Waals surface area contributed by atoms with Gasteiger partial charge in [0.1, 0.15) is 6.04 Å². The van der Waals surface area contributed by atoms with Crippen molar-refractivity contribution in [1.82, 2.24) is 4.90 Å². The number of fused-ring (bicyclic) bond motifs is 1. The van der Waals surface area contributed by atoms with Crippen LogP contribution < -0.4 is 4.90 Å². The van der Waals surface area contributed by atoms with Gasteiger partial charge in [-0.2, -0.15) is 0 Å². The number of aliphatic hydroxyl groups is 1. The Balaban J connectivity index is 1.63. The molecule has 1 spiro atoms. The zero-order valence-corrected chi connectivity index (χ0v) is 26.3. The fourth-order valence-electron chi connectivity index (χ4n) is 7.40. The first-order valence-corrected chi connectivity index (χ1v) is 15.9. The molecule has 2 amide bonds. The molecule has 0 aromatic heterocycles. The van der Waals surface area contributed by atoms with E-state index in [0.29, 0.717) is 36.4 Å². The van der Waals surface area contributed by atoms with Crippen molar-refractivity contribution < 1.29 is 24.2 Å². The van der Waals surface area contributed by atoms with Gasteiger partial charge in [0.2, 0.25) is 5.91 Å². The Hall–Kier alpha value is -3.07. The average Bonchev–Trinajstić information content (AvgIpc) is 3.56. The summed E-state index contributed by atoms with van der Waals surface area (Å²) in [5.74, 6) is -2.47. The summed E-state index contributed by atoms with van der Waals surface area (Å²) in [5.41, 5.74) is 2.31. The second kappa shape index (κ2) is 12.5. The Morgan fingerprint density at radius 1 is 1.19 bits per heavy atom. The normalized spacial score (nSPS) is 28.0. The molecule has 9 heteroatoms. The molecule has 2 aromatic carbocycles. The highest BCUT2D eigenvalue weighted by Crippen LogP contribution is 2.72. The molecule has 3 heterocycles. The van der Waals surface area contributed by atoms with Crippen molar-refractivity contribution in [2.45, 2.75) is 61.1 Å². The zero-order chi connectivity index (χ0) is 30.9. The Labute approximate surface area is 262 Å². The molecule has 3 aliphatic rings. The number of amides is 2. The third kappa shape index (κ3) is 5.32. The maximum atomic E-state index is 15.0. The summed E-state index contributed by atoms with van der Waals surface area (Å²) in [6, 6.07) is 13.5. The summed E-state index contributed by atoms with van der Waals surface area (Å²) in [4.78, 5) is 46.5. The molecule has 2 unspecified atom stereocenters. The molecule has 3 fully saturated rings. The summed E-state index contributed by atoms with van der Waals surface area (Å²) < 4.78 is 4.24. The van der Waals surface area contributed by atoms with E-state index in [1.54, 1.807) is 39.8 Å². The van der Waals surface area contributed by atoms with Gasteiger partial charge in [-0.15, -0.1) is 24.9 Å². The summed E-state index contributed by atoms with van der Waals surface area (Å²) in [5, 5.41) is 11.2. The minimum absolute atomic E-state index is 0.181. The topological polar surface area (TPSA) is 87.1 Å². The number of carbonyl (C=O) groups excluding carboxylic acids is 3.